The van der Waals surface area contributed by atoms with Gasteiger partial charge in [-0.05, 0) is 37.2 Å². The lowest BCUT2D eigenvalue weighted by Gasteiger charge is -2.26. The molecule has 1 aromatic heterocycles. The Morgan fingerprint density at radius 2 is 1.96 bits per heavy atom. The fourth-order valence-electron chi connectivity index (χ4n) is 2.48. The van der Waals surface area contributed by atoms with E-state index in [1.165, 1.54) is 0 Å². The SMILES string of the molecule is CN(c1ccc(-c2noc(C(F)(F)F)n2)cc1)C1CCNC1.Cl. The fourth-order valence-corrected chi connectivity index (χ4v) is 2.48. The van der Waals surface area contributed by atoms with E-state index in [9.17, 15) is 13.2 Å². The van der Waals surface area contributed by atoms with E-state index in [4.69, 9.17) is 0 Å². The van der Waals surface area contributed by atoms with Crippen LogP contribution in [-0.4, -0.2) is 36.3 Å². The summed E-state index contributed by atoms with van der Waals surface area (Å²) in [6, 6.07) is 7.50. The predicted molar refractivity (Wildman–Crippen MR) is 81.7 cm³/mol. The fraction of sp³-hybridized carbons (Fsp3) is 0.429. The van der Waals surface area contributed by atoms with Crippen molar-refractivity contribution in [1.82, 2.24) is 15.5 Å². The standard InChI is InChI=1S/C14H15F3N4O.ClH/c1-21(11-6-7-18-8-11)10-4-2-9(3-5-10)12-19-13(22-20-12)14(15,16)17;/h2-5,11,18H,6-8H2,1H3;1H. The average Bonchev–Trinajstić information content (AvgIpc) is 3.17. The van der Waals surface area contributed by atoms with Crippen molar-refractivity contribution >= 4 is 18.1 Å². The highest BCUT2D eigenvalue weighted by molar-refractivity contribution is 5.85. The summed E-state index contributed by atoms with van der Waals surface area (Å²) in [5, 5.41) is 6.67. The first-order valence-electron chi connectivity index (χ1n) is 6.90. The van der Waals surface area contributed by atoms with Gasteiger partial charge < -0.3 is 14.7 Å². The zero-order chi connectivity index (χ0) is 15.7. The Balaban J connectivity index is 0.00000192. The molecule has 0 amide bonds. The van der Waals surface area contributed by atoms with E-state index in [0.29, 0.717) is 11.6 Å². The second-order valence-electron chi connectivity index (χ2n) is 5.23. The van der Waals surface area contributed by atoms with Crippen molar-refractivity contribution in [1.29, 1.82) is 0 Å². The highest BCUT2D eigenvalue weighted by Gasteiger charge is 2.38. The van der Waals surface area contributed by atoms with Crippen molar-refractivity contribution in [3.8, 4) is 11.4 Å². The zero-order valence-corrected chi connectivity index (χ0v) is 13.1. The first-order valence-corrected chi connectivity index (χ1v) is 6.90. The molecule has 0 spiro atoms. The van der Waals surface area contributed by atoms with Crippen LogP contribution in [0, 0.1) is 0 Å². The lowest BCUT2D eigenvalue weighted by atomic mass is 10.1. The van der Waals surface area contributed by atoms with Gasteiger partial charge in [-0.3, -0.25) is 0 Å². The lowest BCUT2D eigenvalue weighted by molar-refractivity contribution is -0.159. The Kier molecular flexibility index (Phi) is 5.16. The minimum Gasteiger partial charge on any atom is -0.370 e. The van der Waals surface area contributed by atoms with Crippen molar-refractivity contribution in [3.05, 3.63) is 30.2 Å². The van der Waals surface area contributed by atoms with Crippen LogP contribution in [0.1, 0.15) is 12.3 Å². The summed E-state index contributed by atoms with van der Waals surface area (Å²) in [6.45, 7) is 1.92. The number of hydrogen-bond acceptors (Lipinski definition) is 5. The van der Waals surface area contributed by atoms with Gasteiger partial charge in [-0.15, -0.1) is 12.4 Å². The van der Waals surface area contributed by atoms with Crippen molar-refractivity contribution in [2.45, 2.75) is 18.6 Å². The van der Waals surface area contributed by atoms with E-state index in [-0.39, 0.29) is 18.2 Å². The molecule has 9 heteroatoms. The number of anilines is 1. The van der Waals surface area contributed by atoms with Crippen LogP contribution in [0.5, 0.6) is 0 Å². The quantitative estimate of drug-likeness (QED) is 0.924. The van der Waals surface area contributed by atoms with Gasteiger partial charge in [-0.1, -0.05) is 5.16 Å². The van der Waals surface area contributed by atoms with E-state index in [1.54, 1.807) is 12.1 Å². The third-order valence-electron chi connectivity index (χ3n) is 3.78. The summed E-state index contributed by atoms with van der Waals surface area (Å²) in [6.07, 6.45) is -3.56. The van der Waals surface area contributed by atoms with Crippen LogP contribution in [0.3, 0.4) is 0 Å². The minimum absolute atomic E-state index is 0. The van der Waals surface area contributed by atoms with Gasteiger partial charge in [0.25, 0.3) is 0 Å². The zero-order valence-electron chi connectivity index (χ0n) is 12.3. The monoisotopic (exact) mass is 348 g/mol. The molecule has 1 fully saturated rings. The third kappa shape index (κ3) is 3.76. The van der Waals surface area contributed by atoms with Crippen molar-refractivity contribution < 1.29 is 17.7 Å². The molecule has 23 heavy (non-hydrogen) atoms. The highest BCUT2D eigenvalue weighted by atomic mass is 35.5. The molecule has 0 saturated carbocycles. The molecule has 0 aliphatic carbocycles. The topological polar surface area (TPSA) is 54.2 Å². The van der Waals surface area contributed by atoms with Crippen LogP contribution in [-0.2, 0) is 6.18 Å². The van der Waals surface area contributed by atoms with Crippen molar-refractivity contribution in [2.75, 3.05) is 25.0 Å². The van der Waals surface area contributed by atoms with Gasteiger partial charge in [-0.25, -0.2) is 0 Å². The van der Waals surface area contributed by atoms with E-state index in [1.807, 2.05) is 19.2 Å². The smallest absolute Gasteiger partial charge is 0.370 e. The Morgan fingerprint density at radius 3 is 2.48 bits per heavy atom. The second kappa shape index (κ2) is 6.76. The number of likely N-dealkylation sites (N-methyl/N-ethyl adjacent to an activating group) is 1. The molecule has 1 atom stereocenters. The van der Waals surface area contributed by atoms with Crippen LogP contribution >= 0.6 is 12.4 Å². The molecule has 126 valence electrons. The number of aromatic nitrogens is 2. The number of nitrogens with one attached hydrogen (secondary N) is 1. The number of hydrogen-bond donors (Lipinski definition) is 1. The van der Waals surface area contributed by atoms with Crippen LogP contribution in [0.15, 0.2) is 28.8 Å². The maximum atomic E-state index is 12.5. The van der Waals surface area contributed by atoms with E-state index >= 15 is 0 Å². The van der Waals surface area contributed by atoms with Gasteiger partial charge in [0.05, 0.1) is 0 Å². The normalized spacial score (nSPS) is 17.8. The molecule has 1 aromatic carbocycles. The van der Waals surface area contributed by atoms with Gasteiger partial charge in [0.1, 0.15) is 0 Å². The molecule has 0 radical (unpaired) electrons. The third-order valence-corrected chi connectivity index (χ3v) is 3.78. The summed E-state index contributed by atoms with van der Waals surface area (Å²) in [7, 11) is 2.00. The highest BCUT2D eigenvalue weighted by Crippen LogP contribution is 2.30. The summed E-state index contributed by atoms with van der Waals surface area (Å²) in [5.74, 6) is -1.40. The van der Waals surface area contributed by atoms with Crippen LogP contribution < -0.4 is 10.2 Å². The summed E-state index contributed by atoms with van der Waals surface area (Å²) >= 11 is 0. The first-order chi connectivity index (χ1) is 10.4. The molecule has 3 rings (SSSR count). The molecule has 1 aliphatic rings. The number of halogens is 4. The number of alkyl halides is 3. The molecular weight excluding hydrogens is 333 g/mol. The van der Waals surface area contributed by atoms with Gasteiger partial charge in [-0.2, -0.15) is 18.2 Å². The molecule has 2 aromatic rings. The molecule has 1 N–H and O–H groups in total. The average molecular weight is 349 g/mol. The Labute approximate surface area is 137 Å². The van der Waals surface area contributed by atoms with Gasteiger partial charge in [0.2, 0.25) is 5.82 Å². The van der Waals surface area contributed by atoms with Crippen molar-refractivity contribution in [3.63, 3.8) is 0 Å². The summed E-state index contributed by atoms with van der Waals surface area (Å²) in [5.41, 5.74) is 1.48. The number of benzene rings is 1. The summed E-state index contributed by atoms with van der Waals surface area (Å²) < 4.78 is 41.6. The van der Waals surface area contributed by atoms with Crippen molar-refractivity contribution in [2.24, 2.45) is 0 Å². The van der Waals surface area contributed by atoms with E-state index in [2.05, 4.69) is 24.9 Å². The minimum atomic E-state index is -4.62. The Morgan fingerprint density at radius 1 is 1.26 bits per heavy atom. The van der Waals surface area contributed by atoms with Crippen LogP contribution in [0.4, 0.5) is 18.9 Å². The Hall–Kier alpha value is -1.80. The van der Waals surface area contributed by atoms with Crippen LogP contribution in [0.25, 0.3) is 11.4 Å². The lowest BCUT2D eigenvalue weighted by Crippen LogP contribution is -2.33. The largest absolute Gasteiger partial charge is 0.471 e. The summed E-state index contributed by atoms with van der Waals surface area (Å²) in [4.78, 5) is 5.53. The number of nitrogens with zero attached hydrogens (tertiary/aromatic N) is 3. The Bertz CT molecular complexity index is 638. The molecule has 2 heterocycles. The molecule has 5 nitrogen and oxygen atoms in total. The second-order valence-corrected chi connectivity index (χ2v) is 5.23. The predicted octanol–water partition coefficient (Wildman–Crippen LogP) is 2.98. The first kappa shape index (κ1) is 17.6. The molecule has 1 unspecified atom stereocenters. The van der Waals surface area contributed by atoms with Gasteiger partial charge in [0.15, 0.2) is 0 Å². The molecule has 1 aliphatic heterocycles. The van der Waals surface area contributed by atoms with Crippen LogP contribution in [0.2, 0.25) is 0 Å². The maximum Gasteiger partial charge on any atom is 0.471 e. The van der Waals surface area contributed by atoms with Gasteiger partial charge >= 0.3 is 12.1 Å². The molecule has 1 saturated heterocycles. The molecular formula is C14H16ClF3N4O. The van der Waals surface area contributed by atoms with E-state index in [0.717, 1.165) is 25.2 Å². The number of rotatable bonds is 3. The molecule has 0 bridgehead atoms. The maximum absolute atomic E-state index is 12.5. The van der Waals surface area contributed by atoms with E-state index < -0.39 is 12.1 Å². The van der Waals surface area contributed by atoms with Gasteiger partial charge in [0, 0.05) is 30.9 Å².